The van der Waals surface area contributed by atoms with Crippen molar-refractivity contribution in [3.05, 3.63) is 0 Å². The molecule has 0 N–H and O–H groups in total. The van der Waals surface area contributed by atoms with Gasteiger partial charge in [-0.15, -0.1) is 11.6 Å². The van der Waals surface area contributed by atoms with E-state index in [2.05, 4.69) is 0 Å². The van der Waals surface area contributed by atoms with E-state index < -0.39 is 0 Å². The van der Waals surface area contributed by atoms with E-state index >= 15 is 0 Å². The molecule has 0 aliphatic rings. The van der Waals surface area contributed by atoms with E-state index in [0.29, 0.717) is 0 Å². The van der Waals surface area contributed by atoms with E-state index in [-0.39, 0.29) is 23.1 Å². The summed E-state index contributed by atoms with van der Waals surface area (Å²) in [5.74, 6) is 0.722. The van der Waals surface area contributed by atoms with Crippen LogP contribution in [0.3, 0.4) is 0 Å². The van der Waals surface area contributed by atoms with Gasteiger partial charge in [-0.05, 0) is 13.8 Å². The molecule has 0 aromatic rings. The molecule has 0 aromatic heterocycles. The van der Waals surface area contributed by atoms with Gasteiger partial charge in [-0.1, -0.05) is 6.92 Å². The Kier molecular flexibility index (Phi) is 42.3. The third-order valence-corrected chi connectivity index (χ3v) is 0.408. The Balaban J connectivity index is -0.0000000800. The van der Waals surface area contributed by atoms with Crippen LogP contribution in [0.1, 0.15) is 20.8 Å². The van der Waals surface area contributed by atoms with Gasteiger partial charge in [0.15, 0.2) is 0 Å². The minimum absolute atomic E-state index is 0. The van der Waals surface area contributed by atoms with E-state index in [1.165, 1.54) is 0 Å². The van der Waals surface area contributed by atoms with Crippen LogP contribution in [0.2, 0.25) is 0 Å². The molecule has 0 saturated carbocycles. The number of ether oxygens (including phenoxy) is 1. The summed E-state index contributed by atoms with van der Waals surface area (Å²) in [5, 5.41) is 0. The Bertz CT molecular complexity index is 27.0. The summed E-state index contributed by atoms with van der Waals surface area (Å²) in [6, 6.07) is 0. The van der Waals surface area contributed by atoms with Crippen LogP contribution in [-0.4, -0.2) is 42.1 Å². The quantitative estimate of drug-likeness (QED) is 0.443. The van der Waals surface area contributed by atoms with Crippen LogP contribution in [-0.2, 0) is 4.74 Å². The number of alkyl halides is 1. The fourth-order valence-corrected chi connectivity index (χ4v) is 0.204. The zero-order valence-electron chi connectivity index (χ0n) is 5.91. The van der Waals surface area contributed by atoms with Gasteiger partial charge in [0.25, 0.3) is 0 Å². The molecular weight excluding hydrogens is 148 g/mol. The zero-order valence-corrected chi connectivity index (χ0v) is 6.66. The van der Waals surface area contributed by atoms with Gasteiger partial charge >= 0.3 is 23.1 Å². The third kappa shape index (κ3) is 48.8. The molecule has 0 rings (SSSR count). The van der Waals surface area contributed by atoms with Crippen molar-refractivity contribution in [3.8, 4) is 0 Å². The van der Waals surface area contributed by atoms with Gasteiger partial charge in [0, 0.05) is 19.1 Å². The highest BCUT2D eigenvalue weighted by Gasteiger charge is 1.64. The largest absolute Gasteiger partial charge is 0.382 e. The molecule has 9 heavy (non-hydrogen) atoms. The summed E-state index contributed by atoms with van der Waals surface area (Å²) in [4.78, 5) is 0. The van der Waals surface area contributed by atoms with Crippen molar-refractivity contribution in [1.82, 2.24) is 0 Å². The van der Waals surface area contributed by atoms with Crippen molar-refractivity contribution >= 4 is 34.7 Å². The van der Waals surface area contributed by atoms with E-state index in [0.717, 1.165) is 19.1 Å². The average Bonchev–Trinajstić information content (AvgIpc) is 1.71. The molecule has 0 radical (unpaired) electrons. The highest BCUT2D eigenvalue weighted by atomic mass is 35.5. The van der Waals surface area contributed by atoms with Crippen molar-refractivity contribution in [2.24, 2.45) is 0 Å². The minimum atomic E-state index is 0. The van der Waals surface area contributed by atoms with Gasteiger partial charge in [0.2, 0.25) is 0 Å². The summed E-state index contributed by atoms with van der Waals surface area (Å²) in [5.41, 5.74) is 0. The van der Waals surface area contributed by atoms with Crippen LogP contribution >= 0.6 is 11.6 Å². The van der Waals surface area contributed by atoms with Gasteiger partial charge in [-0.3, -0.25) is 0 Å². The van der Waals surface area contributed by atoms with Crippen molar-refractivity contribution in [1.29, 1.82) is 0 Å². The molecule has 0 aliphatic carbocycles. The summed E-state index contributed by atoms with van der Waals surface area (Å²) in [7, 11) is 0. The fraction of sp³-hybridized carbons (Fsp3) is 1.00. The molecule has 0 spiro atoms. The first kappa shape index (κ1) is 16.5. The van der Waals surface area contributed by atoms with Crippen LogP contribution in [0.15, 0.2) is 0 Å². The van der Waals surface area contributed by atoms with Crippen molar-refractivity contribution in [3.63, 3.8) is 0 Å². The second-order valence-electron chi connectivity index (χ2n) is 1.05. The number of hydrogen-bond acceptors (Lipinski definition) is 1. The molecule has 0 amide bonds. The van der Waals surface area contributed by atoms with Crippen molar-refractivity contribution in [2.75, 3.05) is 19.1 Å². The Labute approximate surface area is 79.3 Å². The normalized spacial score (nSPS) is 6.67. The molecular formula is C6H17ClMgO. The first-order chi connectivity index (χ1) is 3.83. The Hall–Kier alpha value is 1.02. The highest BCUT2D eigenvalue weighted by Crippen LogP contribution is 1.64. The predicted octanol–water partition coefficient (Wildman–Crippen LogP) is 1.37. The maximum atomic E-state index is 5.00. The average molecular weight is 165 g/mol. The molecule has 0 bridgehead atoms. The van der Waals surface area contributed by atoms with E-state index in [1.54, 1.807) is 0 Å². The molecule has 0 heterocycles. The lowest BCUT2D eigenvalue weighted by molar-refractivity contribution is 0.162. The van der Waals surface area contributed by atoms with Gasteiger partial charge < -0.3 is 4.74 Å². The van der Waals surface area contributed by atoms with Gasteiger partial charge in [-0.2, -0.15) is 0 Å². The van der Waals surface area contributed by atoms with E-state index in [9.17, 15) is 0 Å². The standard InChI is InChI=1S/C4H10O.C2H5Cl.Mg.2H/c1-3-5-4-2;1-2-3;;;/h3-4H2,1-2H3;2H2,1H3;;;. The summed E-state index contributed by atoms with van der Waals surface area (Å²) >= 11 is 5.00. The molecule has 0 aliphatic heterocycles. The van der Waals surface area contributed by atoms with E-state index in [1.807, 2.05) is 20.8 Å². The SMILES string of the molecule is CCCl.CCOCC.[MgH2]. The third-order valence-electron chi connectivity index (χ3n) is 0.408. The fourth-order valence-electron chi connectivity index (χ4n) is 0.204. The summed E-state index contributed by atoms with van der Waals surface area (Å²) in [6.07, 6.45) is 0. The molecule has 0 fully saturated rings. The number of hydrogen-bond donors (Lipinski definition) is 0. The second kappa shape index (κ2) is 23.0. The second-order valence-corrected chi connectivity index (χ2v) is 1.58. The lowest BCUT2D eigenvalue weighted by Crippen LogP contribution is -1.84. The Morgan fingerprint density at radius 3 is 1.33 bits per heavy atom. The Morgan fingerprint density at radius 2 is 1.33 bits per heavy atom. The maximum Gasteiger partial charge on any atom is 0.316 e. The Morgan fingerprint density at radius 1 is 1.11 bits per heavy atom. The molecule has 1 nitrogen and oxygen atoms in total. The van der Waals surface area contributed by atoms with E-state index in [4.69, 9.17) is 16.3 Å². The topological polar surface area (TPSA) is 9.23 Å². The predicted molar refractivity (Wildman–Crippen MR) is 47.1 cm³/mol. The first-order valence-electron chi connectivity index (χ1n) is 2.97. The van der Waals surface area contributed by atoms with Gasteiger partial charge in [0.1, 0.15) is 0 Å². The van der Waals surface area contributed by atoms with Crippen LogP contribution in [0.25, 0.3) is 0 Å². The van der Waals surface area contributed by atoms with Crippen LogP contribution < -0.4 is 0 Å². The highest BCUT2D eigenvalue weighted by molar-refractivity contribution is 6.17. The van der Waals surface area contributed by atoms with Crippen molar-refractivity contribution in [2.45, 2.75) is 20.8 Å². The van der Waals surface area contributed by atoms with Crippen LogP contribution in [0.4, 0.5) is 0 Å². The van der Waals surface area contributed by atoms with Gasteiger partial charge in [-0.25, -0.2) is 0 Å². The smallest absolute Gasteiger partial charge is 0.316 e. The molecule has 0 unspecified atom stereocenters. The van der Waals surface area contributed by atoms with Crippen LogP contribution in [0, 0.1) is 0 Å². The van der Waals surface area contributed by atoms with Crippen molar-refractivity contribution < 1.29 is 4.74 Å². The summed E-state index contributed by atoms with van der Waals surface area (Å²) < 4.78 is 4.83. The molecule has 0 saturated heterocycles. The molecule has 0 aromatic carbocycles. The number of halogens is 1. The zero-order chi connectivity index (χ0) is 6.83. The monoisotopic (exact) mass is 164 g/mol. The minimum Gasteiger partial charge on any atom is -0.382 e. The maximum absolute atomic E-state index is 5.00. The lowest BCUT2D eigenvalue weighted by Gasteiger charge is -1.86. The molecule has 3 heteroatoms. The molecule has 0 atom stereocenters. The lowest BCUT2D eigenvalue weighted by atomic mass is 10.8. The molecule has 56 valence electrons. The van der Waals surface area contributed by atoms with Crippen LogP contribution in [0.5, 0.6) is 0 Å². The van der Waals surface area contributed by atoms with Gasteiger partial charge in [0.05, 0.1) is 0 Å². The first-order valence-corrected chi connectivity index (χ1v) is 3.50. The summed E-state index contributed by atoms with van der Waals surface area (Å²) in [6.45, 7) is 7.56. The number of rotatable bonds is 2.